The van der Waals surface area contributed by atoms with Crippen LogP contribution in [0.25, 0.3) is 0 Å². The third-order valence-electron chi connectivity index (χ3n) is 2.34. The van der Waals surface area contributed by atoms with E-state index in [1.807, 2.05) is 0 Å². The van der Waals surface area contributed by atoms with Crippen LogP contribution < -0.4 is 11.1 Å². The van der Waals surface area contributed by atoms with Gasteiger partial charge in [-0.2, -0.15) is 0 Å². The zero-order valence-corrected chi connectivity index (χ0v) is 13.2. The van der Waals surface area contributed by atoms with E-state index in [0.29, 0.717) is 0 Å². The number of hydrogen-bond acceptors (Lipinski definition) is 7. The van der Waals surface area contributed by atoms with Crippen molar-refractivity contribution in [2.75, 3.05) is 32.8 Å². The van der Waals surface area contributed by atoms with E-state index in [2.05, 4.69) is 5.32 Å². The average Bonchev–Trinajstić information content (AvgIpc) is 2.34. The molecule has 0 aliphatic carbocycles. The molecule has 1 atom stereocenters. The molecule has 0 aliphatic heterocycles. The van der Waals surface area contributed by atoms with Gasteiger partial charge in [0, 0.05) is 19.6 Å². The van der Waals surface area contributed by atoms with Crippen molar-refractivity contribution in [2.24, 2.45) is 5.73 Å². The molecular weight excluding hydrogens is 278 g/mol. The monoisotopic (exact) mass is 305 g/mol. The van der Waals surface area contributed by atoms with E-state index in [0.717, 1.165) is 0 Å². The summed E-state index contributed by atoms with van der Waals surface area (Å²) in [6.45, 7) is 7.59. The number of rotatable bonds is 8. The molecule has 0 rings (SSSR count). The van der Waals surface area contributed by atoms with Gasteiger partial charge in [-0.05, 0) is 27.7 Å². The van der Waals surface area contributed by atoms with E-state index in [4.69, 9.17) is 15.2 Å². The molecule has 0 heterocycles. The molecule has 0 bridgehead atoms. The molecule has 0 aromatic rings. The van der Waals surface area contributed by atoms with Crippen molar-refractivity contribution in [3.63, 3.8) is 0 Å². The maximum absolute atomic E-state index is 11.5. The summed E-state index contributed by atoms with van der Waals surface area (Å²) in [6, 6.07) is 0. The average molecular weight is 305 g/mol. The van der Waals surface area contributed by atoms with Crippen molar-refractivity contribution >= 4 is 12.1 Å². The Bertz CT molecular complexity index is 330. The van der Waals surface area contributed by atoms with Crippen LogP contribution in [-0.2, 0) is 14.3 Å². The van der Waals surface area contributed by atoms with Crippen LogP contribution in [0.3, 0.4) is 0 Å². The normalized spacial score (nSPS) is 12.9. The standard InChI is InChI=1S/C13H27N3O5/c1-5-20-11(18)9-16(10(17)8-14)7-6-15-12(19)21-13(2,3)4/h10,17H,5-9,14H2,1-4H3,(H,15,19)/t10-/m1/s1. The lowest BCUT2D eigenvalue weighted by Gasteiger charge is -2.26. The van der Waals surface area contributed by atoms with Crippen molar-refractivity contribution in [3.05, 3.63) is 0 Å². The predicted molar refractivity (Wildman–Crippen MR) is 77.5 cm³/mol. The molecule has 8 heteroatoms. The highest BCUT2D eigenvalue weighted by Crippen LogP contribution is 2.06. The quantitative estimate of drug-likeness (QED) is 0.415. The van der Waals surface area contributed by atoms with Gasteiger partial charge in [-0.3, -0.25) is 9.69 Å². The van der Waals surface area contributed by atoms with E-state index >= 15 is 0 Å². The Morgan fingerprint density at radius 1 is 1.38 bits per heavy atom. The van der Waals surface area contributed by atoms with Gasteiger partial charge in [-0.1, -0.05) is 0 Å². The highest BCUT2D eigenvalue weighted by Gasteiger charge is 2.19. The van der Waals surface area contributed by atoms with Gasteiger partial charge >= 0.3 is 12.1 Å². The highest BCUT2D eigenvalue weighted by atomic mass is 16.6. The summed E-state index contributed by atoms with van der Waals surface area (Å²) in [5.41, 5.74) is 4.80. The van der Waals surface area contributed by atoms with Crippen LogP contribution in [0.15, 0.2) is 0 Å². The Hall–Kier alpha value is -1.38. The fourth-order valence-corrected chi connectivity index (χ4v) is 1.47. The summed E-state index contributed by atoms with van der Waals surface area (Å²) >= 11 is 0. The molecule has 0 saturated carbocycles. The molecule has 124 valence electrons. The lowest BCUT2D eigenvalue weighted by molar-refractivity contribution is -0.147. The minimum Gasteiger partial charge on any atom is -0.465 e. The van der Waals surface area contributed by atoms with Gasteiger partial charge < -0.3 is 25.6 Å². The minimum atomic E-state index is -0.977. The summed E-state index contributed by atoms with van der Waals surface area (Å²) in [7, 11) is 0. The van der Waals surface area contributed by atoms with Gasteiger partial charge in [-0.25, -0.2) is 4.79 Å². The van der Waals surface area contributed by atoms with Crippen LogP contribution in [0.1, 0.15) is 27.7 Å². The van der Waals surface area contributed by atoms with Gasteiger partial charge in [0.05, 0.1) is 13.2 Å². The van der Waals surface area contributed by atoms with Crippen LogP contribution in [0.4, 0.5) is 4.79 Å². The van der Waals surface area contributed by atoms with Crippen LogP contribution in [0.2, 0.25) is 0 Å². The van der Waals surface area contributed by atoms with Gasteiger partial charge in [0.15, 0.2) is 0 Å². The minimum absolute atomic E-state index is 0.0220. The Balaban J connectivity index is 4.24. The third kappa shape index (κ3) is 10.1. The molecule has 0 saturated heterocycles. The smallest absolute Gasteiger partial charge is 0.407 e. The first kappa shape index (κ1) is 19.6. The van der Waals surface area contributed by atoms with Gasteiger partial charge in [0.2, 0.25) is 0 Å². The van der Waals surface area contributed by atoms with Crippen LogP contribution in [0.5, 0.6) is 0 Å². The Kier molecular flexibility index (Phi) is 8.91. The second-order valence-electron chi connectivity index (χ2n) is 5.42. The summed E-state index contributed by atoms with van der Waals surface area (Å²) in [4.78, 5) is 24.3. The zero-order valence-electron chi connectivity index (χ0n) is 13.2. The van der Waals surface area contributed by atoms with Crippen molar-refractivity contribution in [1.82, 2.24) is 10.2 Å². The number of ether oxygens (including phenoxy) is 2. The lowest BCUT2D eigenvalue weighted by Crippen LogP contribution is -2.47. The fourth-order valence-electron chi connectivity index (χ4n) is 1.47. The maximum atomic E-state index is 11.5. The molecule has 0 unspecified atom stereocenters. The van der Waals surface area contributed by atoms with E-state index < -0.39 is 23.9 Å². The molecule has 0 aliphatic rings. The first-order valence-corrected chi connectivity index (χ1v) is 6.94. The zero-order chi connectivity index (χ0) is 16.5. The fraction of sp³-hybridized carbons (Fsp3) is 0.846. The van der Waals surface area contributed by atoms with E-state index in [-0.39, 0.29) is 32.8 Å². The molecule has 0 aromatic heterocycles. The SMILES string of the molecule is CCOC(=O)CN(CCNC(=O)OC(C)(C)C)[C@H](O)CN. The van der Waals surface area contributed by atoms with Crippen LogP contribution in [0, 0.1) is 0 Å². The number of nitrogens with zero attached hydrogens (tertiary/aromatic N) is 1. The Labute approximate surface area is 125 Å². The molecular formula is C13H27N3O5. The number of hydrogen-bond donors (Lipinski definition) is 3. The Morgan fingerprint density at radius 3 is 2.48 bits per heavy atom. The lowest BCUT2D eigenvalue weighted by atomic mass is 10.2. The van der Waals surface area contributed by atoms with Gasteiger partial charge in [0.25, 0.3) is 0 Å². The van der Waals surface area contributed by atoms with E-state index in [9.17, 15) is 14.7 Å². The van der Waals surface area contributed by atoms with Crippen molar-refractivity contribution in [2.45, 2.75) is 39.5 Å². The second-order valence-corrected chi connectivity index (χ2v) is 5.42. The molecule has 0 aromatic carbocycles. The second kappa shape index (κ2) is 9.54. The number of esters is 1. The first-order chi connectivity index (χ1) is 9.69. The number of aliphatic hydroxyl groups is 1. The summed E-state index contributed by atoms with van der Waals surface area (Å²) in [5.74, 6) is -0.456. The highest BCUT2D eigenvalue weighted by molar-refractivity contribution is 5.71. The summed E-state index contributed by atoms with van der Waals surface area (Å²) in [5, 5.41) is 12.3. The molecule has 1 amide bonds. The van der Waals surface area contributed by atoms with Crippen LogP contribution in [-0.4, -0.2) is 66.7 Å². The maximum Gasteiger partial charge on any atom is 0.407 e. The van der Waals surface area contributed by atoms with E-state index in [1.54, 1.807) is 27.7 Å². The number of aliphatic hydroxyl groups excluding tert-OH is 1. The molecule has 21 heavy (non-hydrogen) atoms. The topological polar surface area (TPSA) is 114 Å². The van der Waals surface area contributed by atoms with Crippen LogP contribution >= 0.6 is 0 Å². The molecule has 0 radical (unpaired) electrons. The number of alkyl carbamates (subject to hydrolysis) is 1. The third-order valence-corrected chi connectivity index (χ3v) is 2.34. The summed E-state index contributed by atoms with van der Waals surface area (Å²) < 4.78 is 9.89. The number of nitrogens with one attached hydrogen (secondary N) is 1. The molecule has 8 nitrogen and oxygen atoms in total. The van der Waals surface area contributed by atoms with Gasteiger partial charge in [-0.15, -0.1) is 0 Å². The van der Waals surface area contributed by atoms with Gasteiger partial charge in [0.1, 0.15) is 11.8 Å². The van der Waals surface area contributed by atoms with Crippen molar-refractivity contribution < 1.29 is 24.2 Å². The predicted octanol–water partition coefficient (Wildman–Crippen LogP) is -0.347. The Morgan fingerprint density at radius 2 is 2.00 bits per heavy atom. The number of carbonyl (C=O) groups is 2. The van der Waals surface area contributed by atoms with E-state index in [1.165, 1.54) is 4.90 Å². The summed E-state index contributed by atoms with van der Waals surface area (Å²) in [6.07, 6.45) is -1.53. The molecule has 0 fully saturated rings. The first-order valence-electron chi connectivity index (χ1n) is 6.94. The van der Waals surface area contributed by atoms with Crippen molar-refractivity contribution in [3.8, 4) is 0 Å². The molecule has 0 spiro atoms. The largest absolute Gasteiger partial charge is 0.465 e. The van der Waals surface area contributed by atoms with Crippen molar-refractivity contribution in [1.29, 1.82) is 0 Å². The number of carbonyl (C=O) groups excluding carboxylic acids is 2. The number of nitrogens with two attached hydrogens (primary N) is 1. The number of amides is 1. The molecule has 4 N–H and O–H groups in total.